The van der Waals surface area contributed by atoms with E-state index in [2.05, 4.69) is 154 Å². The molecule has 0 aliphatic heterocycles. The number of benzene rings is 6. The number of rotatable bonds is 5. The Kier molecular flexibility index (Phi) is 7.03. The van der Waals surface area contributed by atoms with Gasteiger partial charge in [0.1, 0.15) is 11.2 Å². The molecule has 0 radical (unpaired) electrons. The van der Waals surface area contributed by atoms with Gasteiger partial charge in [0, 0.05) is 16.3 Å². The van der Waals surface area contributed by atoms with E-state index in [1.165, 1.54) is 44.2 Å². The average molecular weight is 593 g/mol. The van der Waals surface area contributed by atoms with Crippen LogP contribution in [0.4, 0.5) is 0 Å². The van der Waals surface area contributed by atoms with Crippen LogP contribution in [0.15, 0.2) is 132 Å². The first-order valence-electron chi connectivity index (χ1n) is 16.3. The molecular formula is C45H36O. The summed E-state index contributed by atoms with van der Waals surface area (Å²) in [6.07, 6.45) is 13.3. The molecule has 7 aromatic rings. The summed E-state index contributed by atoms with van der Waals surface area (Å²) in [6.45, 7) is 8.83. The number of hydrogen-bond donors (Lipinski definition) is 0. The molecule has 0 saturated carbocycles. The van der Waals surface area contributed by atoms with E-state index >= 15 is 0 Å². The van der Waals surface area contributed by atoms with Crippen LogP contribution in [-0.4, -0.2) is 0 Å². The van der Waals surface area contributed by atoms with Gasteiger partial charge in [0.05, 0.1) is 0 Å². The molecule has 1 aliphatic rings. The van der Waals surface area contributed by atoms with Crippen LogP contribution in [0.3, 0.4) is 0 Å². The number of allylic oxidation sites excluding steroid dienone is 2. The van der Waals surface area contributed by atoms with Gasteiger partial charge in [-0.2, -0.15) is 0 Å². The van der Waals surface area contributed by atoms with E-state index in [0.29, 0.717) is 5.92 Å². The van der Waals surface area contributed by atoms with E-state index in [-0.39, 0.29) is 0 Å². The zero-order valence-corrected chi connectivity index (χ0v) is 26.4. The molecule has 1 heteroatoms. The van der Waals surface area contributed by atoms with Crippen molar-refractivity contribution in [1.82, 2.24) is 0 Å². The van der Waals surface area contributed by atoms with E-state index in [4.69, 9.17) is 4.42 Å². The molecule has 1 aliphatic carbocycles. The predicted molar refractivity (Wildman–Crippen MR) is 199 cm³/mol. The Morgan fingerprint density at radius 1 is 0.717 bits per heavy atom. The van der Waals surface area contributed by atoms with Crippen LogP contribution in [0.5, 0.6) is 0 Å². The highest BCUT2D eigenvalue weighted by Gasteiger charge is 2.25. The highest BCUT2D eigenvalue weighted by Crippen LogP contribution is 2.49. The molecule has 222 valence electrons. The van der Waals surface area contributed by atoms with Gasteiger partial charge in [-0.15, -0.1) is 0 Å². The fourth-order valence-electron chi connectivity index (χ4n) is 7.53. The molecule has 0 N–H and O–H groups in total. The highest BCUT2D eigenvalue weighted by atomic mass is 16.3. The molecule has 0 spiro atoms. The first-order valence-corrected chi connectivity index (χ1v) is 16.3. The summed E-state index contributed by atoms with van der Waals surface area (Å²) in [4.78, 5) is 0. The van der Waals surface area contributed by atoms with E-state index in [1.54, 1.807) is 0 Å². The standard InChI is InChI=1S/C45H36O/c1-4-16-35-33(5-2)43(37-24-15-14-23-36(37)42(35)31-20-10-7-11-21-31)38-26-25-34(30-18-8-6-9-19-30)45-44(38)40-27-32-22-13-12-17-29(3)39(32)28-41(40)46-45/h4-11,13-16,18-29H,2,12,17H2,1,3H3/b16-4-/t29-/m1/s1. The minimum absolute atomic E-state index is 0.473. The lowest BCUT2D eigenvalue weighted by atomic mass is 9.82. The third-order valence-corrected chi connectivity index (χ3v) is 9.67. The SMILES string of the molecule is C=Cc1c(/C=C\C)c(-c2ccccc2)c2ccccc2c1-c1ccc(-c2ccccc2)c2oc3cc4c(cc3c12)C=CCC[C@H]4C. The van der Waals surface area contributed by atoms with Crippen LogP contribution in [-0.2, 0) is 0 Å². The molecule has 1 aromatic heterocycles. The monoisotopic (exact) mass is 592 g/mol. The minimum atomic E-state index is 0.473. The van der Waals surface area contributed by atoms with E-state index in [0.717, 1.165) is 57.0 Å². The summed E-state index contributed by atoms with van der Waals surface area (Å²) in [6, 6.07) is 39.4. The van der Waals surface area contributed by atoms with Gasteiger partial charge in [0.15, 0.2) is 0 Å². The molecule has 6 aromatic carbocycles. The fourth-order valence-corrected chi connectivity index (χ4v) is 7.53. The first-order chi connectivity index (χ1) is 22.7. The van der Waals surface area contributed by atoms with Crippen molar-refractivity contribution in [1.29, 1.82) is 0 Å². The Labute approximate surface area is 270 Å². The maximum absolute atomic E-state index is 6.95. The highest BCUT2D eigenvalue weighted by molar-refractivity contribution is 6.21. The lowest BCUT2D eigenvalue weighted by Gasteiger charge is -2.21. The average Bonchev–Trinajstić information content (AvgIpc) is 3.38. The Hall–Kier alpha value is -5.40. The molecule has 0 fully saturated rings. The Morgan fingerprint density at radius 3 is 2.11 bits per heavy atom. The normalized spacial score (nSPS) is 14.7. The second-order valence-corrected chi connectivity index (χ2v) is 12.4. The lowest BCUT2D eigenvalue weighted by Crippen LogP contribution is -1.97. The Bertz CT molecular complexity index is 2330. The van der Waals surface area contributed by atoms with Crippen molar-refractivity contribution < 1.29 is 4.42 Å². The van der Waals surface area contributed by atoms with Crippen LogP contribution < -0.4 is 0 Å². The predicted octanol–water partition coefficient (Wildman–Crippen LogP) is 13.3. The number of fused-ring (bicyclic) bond motifs is 5. The van der Waals surface area contributed by atoms with Crippen molar-refractivity contribution in [3.05, 3.63) is 150 Å². The molecule has 46 heavy (non-hydrogen) atoms. The van der Waals surface area contributed by atoms with Crippen molar-refractivity contribution in [3.63, 3.8) is 0 Å². The second-order valence-electron chi connectivity index (χ2n) is 12.4. The topological polar surface area (TPSA) is 13.1 Å². The second kappa shape index (κ2) is 11.5. The third kappa shape index (κ3) is 4.46. The summed E-state index contributed by atoms with van der Waals surface area (Å²) in [7, 11) is 0. The summed E-state index contributed by atoms with van der Waals surface area (Å²) in [5.74, 6) is 0.473. The van der Waals surface area contributed by atoms with E-state index < -0.39 is 0 Å². The van der Waals surface area contributed by atoms with Crippen LogP contribution >= 0.6 is 0 Å². The van der Waals surface area contributed by atoms with Crippen LogP contribution in [0.25, 0.3) is 84.3 Å². The minimum Gasteiger partial charge on any atom is -0.455 e. The summed E-state index contributed by atoms with van der Waals surface area (Å²) < 4.78 is 6.95. The summed E-state index contributed by atoms with van der Waals surface area (Å²) in [5.41, 5.74) is 13.9. The largest absolute Gasteiger partial charge is 0.455 e. The van der Waals surface area contributed by atoms with Gasteiger partial charge in [0.2, 0.25) is 0 Å². The van der Waals surface area contributed by atoms with Crippen molar-refractivity contribution in [3.8, 4) is 33.4 Å². The summed E-state index contributed by atoms with van der Waals surface area (Å²) in [5, 5.41) is 4.73. The van der Waals surface area contributed by atoms with Gasteiger partial charge < -0.3 is 4.42 Å². The maximum atomic E-state index is 6.95. The zero-order valence-electron chi connectivity index (χ0n) is 26.4. The van der Waals surface area contributed by atoms with Crippen molar-refractivity contribution in [2.45, 2.75) is 32.6 Å². The molecule has 0 unspecified atom stereocenters. The molecular weight excluding hydrogens is 556 g/mol. The van der Waals surface area contributed by atoms with Gasteiger partial charge in [-0.1, -0.05) is 135 Å². The molecule has 0 amide bonds. The number of furan rings is 1. The Morgan fingerprint density at radius 2 is 1.39 bits per heavy atom. The smallest absolute Gasteiger partial charge is 0.143 e. The number of hydrogen-bond acceptors (Lipinski definition) is 1. The molecule has 1 nitrogen and oxygen atoms in total. The zero-order chi connectivity index (χ0) is 31.2. The van der Waals surface area contributed by atoms with Crippen LogP contribution in [0.2, 0.25) is 0 Å². The fraction of sp³-hybridized carbons (Fsp3) is 0.111. The summed E-state index contributed by atoms with van der Waals surface area (Å²) >= 11 is 0. The van der Waals surface area contributed by atoms with Gasteiger partial charge >= 0.3 is 0 Å². The molecule has 0 saturated heterocycles. The molecule has 1 heterocycles. The van der Waals surface area contributed by atoms with Gasteiger partial charge in [-0.3, -0.25) is 0 Å². The first kappa shape index (κ1) is 28.1. The van der Waals surface area contributed by atoms with Crippen molar-refractivity contribution >= 4 is 50.9 Å². The van der Waals surface area contributed by atoms with Gasteiger partial charge in [0.25, 0.3) is 0 Å². The van der Waals surface area contributed by atoms with E-state index in [9.17, 15) is 0 Å². The van der Waals surface area contributed by atoms with Crippen molar-refractivity contribution in [2.75, 3.05) is 0 Å². The van der Waals surface area contributed by atoms with E-state index in [1.807, 2.05) is 6.08 Å². The maximum Gasteiger partial charge on any atom is 0.143 e. The van der Waals surface area contributed by atoms with Gasteiger partial charge in [-0.25, -0.2) is 0 Å². The quantitative estimate of drug-likeness (QED) is 0.194. The van der Waals surface area contributed by atoms with Crippen LogP contribution in [0.1, 0.15) is 54.9 Å². The van der Waals surface area contributed by atoms with Crippen LogP contribution in [0, 0.1) is 0 Å². The van der Waals surface area contributed by atoms with Gasteiger partial charge in [-0.05, 0) is 105 Å². The lowest BCUT2D eigenvalue weighted by molar-refractivity contribution is 0.662. The Balaban J connectivity index is 1.55. The molecule has 8 rings (SSSR count). The molecule has 1 atom stereocenters. The van der Waals surface area contributed by atoms with Crippen molar-refractivity contribution in [2.24, 2.45) is 0 Å². The molecule has 0 bridgehead atoms. The third-order valence-electron chi connectivity index (χ3n) is 9.67.